The van der Waals surface area contributed by atoms with Crippen molar-refractivity contribution in [2.45, 2.75) is 20.3 Å². The summed E-state index contributed by atoms with van der Waals surface area (Å²) < 4.78 is 1.81. The number of fused-ring (bicyclic) bond motifs is 1. The standard InChI is InChI=1S/C25H23N3/c1-3-15-28-16-14-23-22(25(28)26)17-21(19-8-6-5-7-9-19)24(27-23)20-12-10-18(4-2)11-13-20/h3,5-17,26H,4H2,1-2H3/b15-3-,26-25?. The first kappa shape index (κ1) is 17.9. The van der Waals surface area contributed by atoms with Crippen molar-refractivity contribution in [2.24, 2.45) is 0 Å². The third-order valence-corrected chi connectivity index (χ3v) is 4.99. The summed E-state index contributed by atoms with van der Waals surface area (Å²) in [6.07, 6.45) is 6.73. The number of hydrogen-bond donors (Lipinski definition) is 1. The molecule has 3 nitrogen and oxygen atoms in total. The molecule has 0 bridgehead atoms. The fourth-order valence-electron chi connectivity index (χ4n) is 3.45. The topological polar surface area (TPSA) is 41.7 Å². The fourth-order valence-corrected chi connectivity index (χ4v) is 3.45. The van der Waals surface area contributed by atoms with Gasteiger partial charge in [0.2, 0.25) is 0 Å². The van der Waals surface area contributed by atoms with E-state index in [1.807, 2.05) is 54.2 Å². The summed E-state index contributed by atoms with van der Waals surface area (Å²) in [5.41, 5.74) is 6.77. The molecule has 2 aromatic carbocycles. The second-order valence-electron chi connectivity index (χ2n) is 6.79. The Labute approximate surface area is 165 Å². The number of allylic oxidation sites excluding steroid dienone is 1. The highest BCUT2D eigenvalue weighted by molar-refractivity contribution is 5.91. The summed E-state index contributed by atoms with van der Waals surface area (Å²) in [5, 5.41) is 9.44. The first-order valence-corrected chi connectivity index (χ1v) is 9.59. The SMILES string of the molecule is C/C=C\n1ccc2nc(-c3ccc(CC)cc3)c(-c3ccccc3)cc2c1=N. The average molecular weight is 365 g/mol. The van der Waals surface area contributed by atoms with Crippen molar-refractivity contribution in [3.8, 4) is 22.4 Å². The van der Waals surface area contributed by atoms with Crippen LogP contribution in [-0.2, 0) is 6.42 Å². The van der Waals surface area contributed by atoms with E-state index in [1.165, 1.54) is 5.56 Å². The van der Waals surface area contributed by atoms with Crippen LogP contribution < -0.4 is 5.49 Å². The minimum absolute atomic E-state index is 0.438. The molecule has 3 heteroatoms. The lowest BCUT2D eigenvalue weighted by Crippen LogP contribution is -2.15. The maximum absolute atomic E-state index is 8.60. The smallest absolute Gasteiger partial charge is 0.138 e. The van der Waals surface area contributed by atoms with E-state index in [-0.39, 0.29) is 0 Å². The molecule has 0 saturated heterocycles. The third-order valence-electron chi connectivity index (χ3n) is 4.99. The molecular formula is C25H23N3. The largest absolute Gasteiger partial charge is 0.309 e. The number of nitrogens with zero attached hydrogens (tertiary/aromatic N) is 2. The van der Waals surface area contributed by atoms with Gasteiger partial charge < -0.3 is 4.57 Å². The molecule has 0 spiro atoms. The Balaban J connectivity index is 2.02. The summed E-state index contributed by atoms with van der Waals surface area (Å²) in [6, 6.07) is 23.0. The van der Waals surface area contributed by atoms with Crippen LogP contribution in [0.2, 0.25) is 0 Å². The van der Waals surface area contributed by atoms with Crippen molar-refractivity contribution in [1.29, 1.82) is 5.41 Å². The normalized spacial score (nSPS) is 11.4. The van der Waals surface area contributed by atoms with Gasteiger partial charge >= 0.3 is 0 Å². The van der Waals surface area contributed by atoms with E-state index in [1.54, 1.807) is 0 Å². The zero-order valence-electron chi connectivity index (χ0n) is 16.2. The number of nitrogens with one attached hydrogen (secondary N) is 1. The van der Waals surface area contributed by atoms with Crippen LogP contribution in [0.3, 0.4) is 0 Å². The van der Waals surface area contributed by atoms with Gasteiger partial charge in [-0.1, -0.05) is 67.6 Å². The van der Waals surface area contributed by atoms with Crippen LogP contribution in [-0.4, -0.2) is 9.55 Å². The highest BCUT2D eigenvalue weighted by Crippen LogP contribution is 2.32. The van der Waals surface area contributed by atoms with Gasteiger partial charge in [0.1, 0.15) is 5.49 Å². The van der Waals surface area contributed by atoms with Gasteiger partial charge in [-0.05, 0) is 36.6 Å². The summed E-state index contributed by atoms with van der Waals surface area (Å²) in [6.45, 7) is 4.11. The lowest BCUT2D eigenvalue weighted by atomic mass is 9.97. The predicted octanol–water partition coefficient (Wildman–Crippen LogP) is 5.90. The van der Waals surface area contributed by atoms with Gasteiger partial charge in [0.15, 0.2) is 0 Å². The highest BCUT2D eigenvalue weighted by Gasteiger charge is 2.13. The zero-order valence-corrected chi connectivity index (χ0v) is 16.2. The minimum atomic E-state index is 0.438. The molecule has 4 rings (SSSR count). The molecule has 0 aliphatic heterocycles. The Bertz CT molecular complexity index is 1200. The minimum Gasteiger partial charge on any atom is -0.309 e. The first-order valence-electron chi connectivity index (χ1n) is 9.59. The predicted molar refractivity (Wildman–Crippen MR) is 117 cm³/mol. The molecule has 0 fully saturated rings. The Morgan fingerprint density at radius 1 is 0.964 bits per heavy atom. The third kappa shape index (κ3) is 3.27. The second kappa shape index (κ2) is 7.65. The molecule has 4 aromatic rings. The van der Waals surface area contributed by atoms with Crippen LogP contribution in [0.15, 0.2) is 79.0 Å². The van der Waals surface area contributed by atoms with Crippen molar-refractivity contribution < 1.29 is 0 Å². The molecule has 0 aliphatic carbocycles. The van der Waals surface area contributed by atoms with Crippen LogP contribution in [0.25, 0.3) is 39.5 Å². The van der Waals surface area contributed by atoms with Gasteiger partial charge in [-0.15, -0.1) is 0 Å². The molecule has 2 heterocycles. The van der Waals surface area contributed by atoms with Crippen molar-refractivity contribution in [2.75, 3.05) is 0 Å². The number of benzene rings is 2. The van der Waals surface area contributed by atoms with E-state index in [0.29, 0.717) is 5.49 Å². The zero-order chi connectivity index (χ0) is 19.5. The van der Waals surface area contributed by atoms with E-state index in [4.69, 9.17) is 10.4 Å². The summed E-state index contributed by atoms with van der Waals surface area (Å²) in [4.78, 5) is 4.98. The van der Waals surface area contributed by atoms with E-state index in [9.17, 15) is 0 Å². The monoisotopic (exact) mass is 365 g/mol. The number of hydrogen-bond acceptors (Lipinski definition) is 2. The summed E-state index contributed by atoms with van der Waals surface area (Å²) in [7, 11) is 0. The lowest BCUT2D eigenvalue weighted by molar-refractivity contribution is 0.994. The molecule has 1 N–H and O–H groups in total. The quantitative estimate of drug-likeness (QED) is 0.480. The Hall–Kier alpha value is -3.46. The molecule has 0 saturated carbocycles. The van der Waals surface area contributed by atoms with Crippen LogP contribution in [0.5, 0.6) is 0 Å². The van der Waals surface area contributed by atoms with Crippen LogP contribution in [0.1, 0.15) is 19.4 Å². The molecule has 2 aromatic heterocycles. The number of pyridine rings is 2. The molecule has 0 atom stereocenters. The lowest BCUT2D eigenvalue weighted by Gasteiger charge is -2.13. The Morgan fingerprint density at radius 3 is 2.39 bits per heavy atom. The number of rotatable bonds is 4. The summed E-state index contributed by atoms with van der Waals surface area (Å²) >= 11 is 0. The maximum atomic E-state index is 8.60. The van der Waals surface area contributed by atoms with E-state index < -0.39 is 0 Å². The summed E-state index contributed by atoms with van der Waals surface area (Å²) in [5.74, 6) is 0. The van der Waals surface area contributed by atoms with E-state index in [2.05, 4.69) is 49.4 Å². The van der Waals surface area contributed by atoms with Crippen LogP contribution in [0, 0.1) is 5.41 Å². The maximum Gasteiger partial charge on any atom is 0.138 e. The van der Waals surface area contributed by atoms with Gasteiger partial charge in [0.25, 0.3) is 0 Å². The molecule has 138 valence electrons. The fraction of sp³-hybridized carbons (Fsp3) is 0.120. The van der Waals surface area contributed by atoms with E-state index in [0.717, 1.165) is 39.7 Å². The van der Waals surface area contributed by atoms with Gasteiger partial charge in [0, 0.05) is 28.9 Å². The van der Waals surface area contributed by atoms with Crippen molar-refractivity contribution in [3.05, 3.63) is 90.1 Å². The molecule has 28 heavy (non-hydrogen) atoms. The van der Waals surface area contributed by atoms with Crippen molar-refractivity contribution >= 4 is 17.1 Å². The van der Waals surface area contributed by atoms with Gasteiger partial charge in [-0.2, -0.15) is 0 Å². The Kier molecular flexibility index (Phi) is 4.90. The van der Waals surface area contributed by atoms with Gasteiger partial charge in [-0.25, -0.2) is 4.98 Å². The van der Waals surface area contributed by atoms with Gasteiger partial charge in [0.05, 0.1) is 11.2 Å². The molecule has 0 aliphatic rings. The van der Waals surface area contributed by atoms with Crippen molar-refractivity contribution in [1.82, 2.24) is 9.55 Å². The first-order chi connectivity index (χ1) is 13.7. The molecular weight excluding hydrogens is 342 g/mol. The second-order valence-corrected chi connectivity index (χ2v) is 6.79. The Morgan fingerprint density at radius 2 is 1.71 bits per heavy atom. The molecule has 0 amide bonds. The number of aromatic nitrogens is 2. The van der Waals surface area contributed by atoms with Crippen LogP contribution >= 0.6 is 0 Å². The van der Waals surface area contributed by atoms with Crippen LogP contribution in [0.4, 0.5) is 0 Å². The molecule has 0 unspecified atom stereocenters. The highest BCUT2D eigenvalue weighted by atomic mass is 15.0. The van der Waals surface area contributed by atoms with E-state index >= 15 is 0 Å². The average Bonchev–Trinajstić information content (AvgIpc) is 2.76. The number of aryl methyl sites for hydroxylation is 1. The van der Waals surface area contributed by atoms with Crippen molar-refractivity contribution in [3.63, 3.8) is 0 Å². The molecule has 0 radical (unpaired) electrons. The van der Waals surface area contributed by atoms with Gasteiger partial charge in [-0.3, -0.25) is 5.41 Å².